The van der Waals surface area contributed by atoms with Crippen LogP contribution in [-0.4, -0.2) is 24.9 Å². The summed E-state index contributed by atoms with van der Waals surface area (Å²) in [7, 11) is 0. The molecule has 0 radical (unpaired) electrons. The smallest absolute Gasteiger partial charge is 0.251 e. The molecule has 0 heterocycles. The minimum Gasteiger partial charge on any atom is -0.307 e. The van der Waals surface area contributed by atoms with Gasteiger partial charge in [0.2, 0.25) is 0 Å². The van der Waals surface area contributed by atoms with Crippen LogP contribution in [0.2, 0.25) is 0 Å². The fourth-order valence-corrected chi connectivity index (χ4v) is 5.44. The molecule has 6 rings (SSSR count). The van der Waals surface area contributed by atoms with Crippen LogP contribution in [0.25, 0.3) is 33.7 Å². The average Bonchev–Trinajstić information content (AvgIpc) is 3.09. The fraction of sp³-hybridized carbons (Fsp3) is 0.0500. The minimum absolute atomic E-state index is 0.157. The third kappa shape index (κ3) is 6.50. The van der Waals surface area contributed by atoms with E-state index < -0.39 is 0 Å². The van der Waals surface area contributed by atoms with Gasteiger partial charge in [0.1, 0.15) is 0 Å². The zero-order chi connectivity index (χ0) is 30.1. The van der Waals surface area contributed by atoms with E-state index in [0.29, 0.717) is 13.1 Å². The Balaban J connectivity index is 1.27. The van der Waals surface area contributed by atoms with Gasteiger partial charge in [-0.1, -0.05) is 121 Å². The average molecular weight is 573 g/mol. The Morgan fingerprint density at radius 3 is 1.23 bits per heavy atom. The SMILES string of the molecule is O=C(/C=C/c1cccc2ccccc12)N(CCN(C(=O)/C=C/c1cccc2ccccc12)c1ccccc1)c1ccccc1. The van der Waals surface area contributed by atoms with Gasteiger partial charge in [0, 0.05) is 36.6 Å². The Bertz CT molecular complexity index is 1810. The predicted molar refractivity (Wildman–Crippen MR) is 184 cm³/mol. The summed E-state index contributed by atoms with van der Waals surface area (Å²) in [6, 6.07) is 47.6. The van der Waals surface area contributed by atoms with Gasteiger partial charge in [0.15, 0.2) is 0 Å². The van der Waals surface area contributed by atoms with E-state index in [9.17, 15) is 9.59 Å². The molecule has 0 saturated heterocycles. The van der Waals surface area contributed by atoms with Gasteiger partial charge in [0.25, 0.3) is 11.8 Å². The Morgan fingerprint density at radius 1 is 0.432 bits per heavy atom. The summed E-state index contributed by atoms with van der Waals surface area (Å²) in [4.78, 5) is 30.9. The van der Waals surface area contributed by atoms with Crippen LogP contribution in [-0.2, 0) is 9.59 Å². The van der Waals surface area contributed by atoms with Crippen molar-refractivity contribution in [3.8, 4) is 0 Å². The molecular weight excluding hydrogens is 540 g/mol. The molecule has 0 aliphatic carbocycles. The molecule has 214 valence electrons. The number of anilines is 2. The largest absolute Gasteiger partial charge is 0.307 e. The van der Waals surface area contributed by atoms with Gasteiger partial charge < -0.3 is 9.80 Å². The summed E-state index contributed by atoms with van der Waals surface area (Å²) in [6.07, 6.45) is 6.97. The number of benzene rings is 6. The molecule has 0 aliphatic heterocycles. The van der Waals surface area contributed by atoms with E-state index in [1.54, 1.807) is 22.0 Å². The van der Waals surface area contributed by atoms with Crippen molar-refractivity contribution in [1.82, 2.24) is 0 Å². The van der Waals surface area contributed by atoms with Crippen LogP contribution in [0.4, 0.5) is 11.4 Å². The highest BCUT2D eigenvalue weighted by molar-refractivity contribution is 6.07. The summed E-state index contributed by atoms with van der Waals surface area (Å²) < 4.78 is 0. The molecule has 0 fully saturated rings. The highest BCUT2D eigenvalue weighted by Gasteiger charge is 2.19. The standard InChI is InChI=1S/C40H32N2O2/c43-39(27-25-33-17-11-15-31-13-7-9-23-37(31)33)41(35-19-3-1-4-20-35)29-30-42(36-21-5-2-6-22-36)40(44)28-26-34-18-12-16-32-14-8-10-24-38(32)34/h1-28H,29-30H2/b27-25+,28-26+. The molecule has 0 unspecified atom stereocenters. The lowest BCUT2D eigenvalue weighted by atomic mass is 10.0. The van der Waals surface area contributed by atoms with Gasteiger partial charge in [-0.25, -0.2) is 0 Å². The maximum atomic E-state index is 13.7. The lowest BCUT2D eigenvalue weighted by molar-refractivity contribution is -0.115. The maximum Gasteiger partial charge on any atom is 0.251 e. The second-order valence-electron chi connectivity index (χ2n) is 10.5. The van der Waals surface area contributed by atoms with Crippen molar-refractivity contribution < 1.29 is 9.59 Å². The number of hydrogen-bond acceptors (Lipinski definition) is 2. The molecule has 0 bridgehead atoms. The first kappa shape index (κ1) is 28.4. The number of carbonyl (C=O) groups excluding carboxylic acids is 2. The van der Waals surface area contributed by atoms with Gasteiger partial charge in [-0.05, 0) is 69.1 Å². The molecule has 6 aromatic carbocycles. The molecule has 0 aliphatic rings. The maximum absolute atomic E-state index is 13.7. The zero-order valence-electron chi connectivity index (χ0n) is 24.3. The molecule has 0 spiro atoms. The highest BCUT2D eigenvalue weighted by atomic mass is 16.2. The second kappa shape index (κ2) is 13.5. The number of carbonyl (C=O) groups is 2. The van der Waals surface area contributed by atoms with Crippen molar-refractivity contribution in [1.29, 1.82) is 0 Å². The van der Waals surface area contributed by atoms with Crippen LogP contribution >= 0.6 is 0 Å². The summed E-state index contributed by atoms with van der Waals surface area (Å²) in [5.74, 6) is -0.313. The molecule has 0 aromatic heterocycles. The van der Waals surface area contributed by atoms with Crippen LogP contribution in [0.15, 0.2) is 158 Å². The van der Waals surface area contributed by atoms with Gasteiger partial charge >= 0.3 is 0 Å². The van der Waals surface area contributed by atoms with E-state index >= 15 is 0 Å². The van der Waals surface area contributed by atoms with Gasteiger partial charge in [0.05, 0.1) is 0 Å². The van der Waals surface area contributed by atoms with Crippen molar-refractivity contribution in [3.63, 3.8) is 0 Å². The van der Waals surface area contributed by atoms with E-state index in [1.807, 2.05) is 121 Å². The zero-order valence-corrected chi connectivity index (χ0v) is 24.3. The molecular formula is C40H32N2O2. The van der Waals surface area contributed by atoms with Crippen LogP contribution in [0, 0.1) is 0 Å². The summed E-state index contributed by atoms with van der Waals surface area (Å²) in [6.45, 7) is 0.622. The topological polar surface area (TPSA) is 40.6 Å². The number of rotatable bonds is 9. The Kier molecular flexibility index (Phi) is 8.70. The number of para-hydroxylation sites is 2. The van der Waals surface area contributed by atoms with Gasteiger partial charge in [-0.15, -0.1) is 0 Å². The molecule has 44 heavy (non-hydrogen) atoms. The van der Waals surface area contributed by atoms with Crippen LogP contribution < -0.4 is 9.80 Å². The Hall–Kier alpha value is -5.74. The number of fused-ring (bicyclic) bond motifs is 2. The first-order valence-corrected chi connectivity index (χ1v) is 14.7. The lowest BCUT2D eigenvalue weighted by Gasteiger charge is -2.27. The van der Waals surface area contributed by atoms with Gasteiger partial charge in [-0.3, -0.25) is 9.59 Å². The second-order valence-corrected chi connectivity index (χ2v) is 10.5. The van der Waals surface area contributed by atoms with Crippen molar-refractivity contribution in [2.24, 2.45) is 0 Å². The highest BCUT2D eigenvalue weighted by Crippen LogP contribution is 2.23. The lowest BCUT2D eigenvalue weighted by Crippen LogP contribution is -2.40. The quantitative estimate of drug-likeness (QED) is 0.163. The number of nitrogens with zero attached hydrogens (tertiary/aromatic N) is 2. The van der Waals surface area contributed by atoms with Crippen molar-refractivity contribution in [2.45, 2.75) is 0 Å². The van der Waals surface area contributed by atoms with Crippen molar-refractivity contribution in [3.05, 3.63) is 169 Å². The normalized spacial score (nSPS) is 11.4. The third-order valence-corrected chi connectivity index (χ3v) is 7.67. The molecule has 6 aromatic rings. The number of hydrogen-bond donors (Lipinski definition) is 0. The minimum atomic E-state index is -0.157. The number of amides is 2. The third-order valence-electron chi connectivity index (χ3n) is 7.67. The van der Waals surface area contributed by atoms with Crippen LogP contribution in [0.5, 0.6) is 0 Å². The molecule has 4 heteroatoms. The van der Waals surface area contributed by atoms with E-state index in [1.165, 1.54) is 0 Å². The van der Waals surface area contributed by atoms with E-state index in [0.717, 1.165) is 44.0 Å². The van der Waals surface area contributed by atoms with E-state index in [-0.39, 0.29) is 11.8 Å². The first-order chi connectivity index (χ1) is 21.7. The monoisotopic (exact) mass is 572 g/mol. The summed E-state index contributed by atoms with van der Waals surface area (Å²) in [5, 5.41) is 4.42. The molecule has 0 saturated carbocycles. The fourth-order valence-electron chi connectivity index (χ4n) is 5.44. The molecule has 0 atom stereocenters. The van der Waals surface area contributed by atoms with Crippen molar-refractivity contribution >= 4 is 56.9 Å². The molecule has 2 amide bonds. The van der Waals surface area contributed by atoms with Crippen LogP contribution in [0.3, 0.4) is 0 Å². The summed E-state index contributed by atoms with van der Waals surface area (Å²) in [5.41, 5.74) is 3.49. The van der Waals surface area contributed by atoms with E-state index in [4.69, 9.17) is 0 Å². The summed E-state index contributed by atoms with van der Waals surface area (Å²) >= 11 is 0. The van der Waals surface area contributed by atoms with Crippen molar-refractivity contribution in [2.75, 3.05) is 22.9 Å². The van der Waals surface area contributed by atoms with E-state index in [2.05, 4.69) is 36.4 Å². The first-order valence-electron chi connectivity index (χ1n) is 14.7. The molecule has 4 nitrogen and oxygen atoms in total. The Labute approximate surface area is 257 Å². The predicted octanol–water partition coefficient (Wildman–Crippen LogP) is 8.79. The molecule has 0 N–H and O–H groups in total. The van der Waals surface area contributed by atoms with Gasteiger partial charge in [-0.2, -0.15) is 0 Å². The van der Waals surface area contributed by atoms with Crippen LogP contribution in [0.1, 0.15) is 11.1 Å². The Morgan fingerprint density at radius 2 is 0.795 bits per heavy atom.